The minimum absolute atomic E-state index is 0.510. The molecule has 2 nitrogen and oxygen atoms in total. The van der Waals surface area contributed by atoms with Gasteiger partial charge in [0.15, 0.2) is 0 Å². The van der Waals surface area contributed by atoms with Crippen molar-refractivity contribution in [2.24, 2.45) is 0 Å². The van der Waals surface area contributed by atoms with Crippen molar-refractivity contribution in [2.45, 2.75) is 25.8 Å². The van der Waals surface area contributed by atoms with E-state index in [0.29, 0.717) is 12.1 Å². The number of nitrogens with zero attached hydrogens (tertiary/aromatic N) is 1. The molecule has 0 aliphatic carbocycles. The zero-order valence-corrected chi connectivity index (χ0v) is 10.6. The quantitative estimate of drug-likeness (QED) is 0.785. The first kappa shape index (κ1) is 13.4. The van der Waals surface area contributed by atoms with Crippen molar-refractivity contribution in [2.75, 3.05) is 26.2 Å². The topological polar surface area (TPSA) is 15.3 Å². The summed E-state index contributed by atoms with van der Waals surface area (Å²) in [5.41, 5.74) is 0.661. The first-order valence-electron chi connectivity index (χ1n) is 6.62. The molecule has 1 N–H and O–H groups in total. The summed E-state index contributed by atoms with van der Waals surface area (Å²) in [5.74, 6) is -1.02. The van der Waals surface area contributed by atoms with Crippen LogP contribution in [0.15, 0.2) is 18.2 Å². The zero-order chi connectivity index (χ0) is 12.8. The SMILES string of the molecule is Fc1cc(F)cc(CNCCCN2CCCC2)c1. The van der Waals surface area contributed by atoms with E-state index in [0.717, 1.165) is 25.6 Å². The van der Waals surface area contributed by atoms with Crippen molar-refractivity contribution in [3.05, 3.63) is 35.4 Å². The second kappa shape index (κ2) is 6.81. The largest absolute Gasteiger partial charge is 0.313 e. The zero-order valence-electron chi connectivity index (χ0n) is 10.6. The normalized spacial score (nSPS) is 16.3. The number of likely N-dealkylation sites (tertiary alicyclic amines) is 1. The number of halogens is 2. The fraction of sp³-hybridized carbons (Fsp3) is 0.571. The average molecular weight is 254 g/mol. The van der Waals surface area contributed by atoms with E-state index in [9.17, 15) is 8.78 Å². The van der Waals surface area contributed by atoms with Gasteiger partial charge in [-0.25, -0.2) is 8.78 Å². The summed E-state index contributed by atoms with van der Waals surface area (Å²) < 4.78 is 25.9. The lowest BCUT2D eigenvalue weighted by Crippen LogP contribution is -2.24. The van der Waals surface area contributed by atoms with Crippen LogP contribution in [0, 0.1) is 11.6 Å². The van der Waals surface area contributed by atoms with Crippen LogP contribution < -0.4 is 5.32 Å². The van der Waals surface area contributed by atoms with Gasteiger partial charge in [0.05, 0.1) is 0 Å². The molecule has 0 atom stereocenters. The molecule has 0 amide bonds. The molecule has 1 heterocycles. The molecule has 18 heavy (non-hydrogen) atoms. The van der Waals surface area contributed by atoms with Crippen LogP contribution in [0.3, 0.4) is 0 Å². The molecule has 1 aliphatic heterocycles. The maximum absolute atomic E-state index is 12.9. The second-order valence-electron chi connectivity index (χ2n) is 4.86. The van der Waals surface area contributed by atoms with E-state index in [1.165, 1.54) is 38.1 Å². The van der Waals surface area contributed by atoms with Gasteiger partial charge in [-0.2, -0.15) is 0 Å². The Kier molecular flexibility index (Phi) is 5.08. The summed E-state index contributed by atoms with van der Waals surface area (Å²) in [6.45, 7) is 4.96. The van der Waals surface area contributed by atoms with E-state index in [4.69, 9.17) is 0 Å². The number of rotatable bonds is 6. The molecule has 0 unspecified atom stereocenters. The van der Waals surface area contributed by atoms with Crippen LogP contribution in [0.1, 0.15) is 24.8 Å². The van der Waals surface area contributed by atoms with E-state index in [1.54, 1.807) is 0 Å². The smallest absolute Gasteiger partial charge is 0.126 e. The Morgan fingerprint density at radius 1 is 1.06 bits per heavy atom. The van der Waals surface area contributed by atoms with E-state index >= 15 is 0 Å². The summed E-state index contributed by atoms with van der Waals surface area (Å²) in [4.78, 5) is 2.46. The summed E-state index contributed by atoms with van der Waals surface area (Å²) >= 11 is 0. The summed E-state index contributed by atoms with van der Waals surface area (Å²) in [7, 11) is 0. The monoisotopic (exact) mass is 254 g/mol. The summed E-state index contributed by atoms with van der Waals surface area (Å²) in [6.07, 6.45) is 3.71. The molecule has 0 radical (unpaired) electrons. The molecule has 0 saturated carbocycles. The van der Waals surface area contributed by atoms with Gasteiger partial charge in [0.1, 0.15) is 11.6 Å². The Morgan fingerprint density at radius 3 is 2.39 bits per heavy atom. The van der Waals surface area contributed by atoms with Gasteiger partial charge in [-0.3, -0.25) is 0 Å². The van der Waals surface area contributed by atoms with Crippen molar-refractivity contribution in [3.8, 4) is 0 Å². The van der Waals surface area contributed by atoms with Crippen LogP contribution in [-0.2, 0) is 6.54 Å². The third kappa shape index (κ3) is 4.35. The van der Waals surface area contributed by atoms with Crippen LogP contribution in [0.2, 0.25) is 0 Å². The van der Waals surface area contributed by atoms with Crippen LogP contribution >= 0.6 is 0 Å². The van der Waals surface area contributed by atoms with Gasteiger partial charge in [0, 0.05) is 12.6 Å². The standard InChI is InChI=1S/C14H20F2N2/c15-13-8-12(9-14(16)10-13)11-17-4-3-7-18-5-1-2-6-18/h8-10,17H,1-7,11H2. The predicted molar refractivity (Wildman–Crippen MR) is 68.4 cm³/mol. The maximum atomic E-state index is 12.9. The van der Waals surface area contributed by atoms with Crippen molar-refractivity contribution < 1.29 is 8.78 Å². The van der Waals surface area contributed by atoms with Crippen LogP contribution in [0.4, 0.5) is 8.78 Å². The molecule has 1 aromatic carbocycles. The molecule has 1 aromatic rings. The number of hydrogen-bond donors (Lipinski definition) is 1. The molecule has 0 aromatic heterocycles. The Bertz CT molecular complexity index is 356. The molecule has 0 bridgehead atoms. The van der Waals surface area contributed by atoms with E-state index in [2.05, 4.69) is 10.2 Å². The molecule has 1 aliphatic rings. The minimum Gasteiger partial charge on any atom is -0.313 e. The lowest BCUT2D eigenvalue weighted by atomic mass is 10.2. The number of hydrogen-bond acceptors (Lipinski definition) is 2. The third-order valence-electron chi connectivity index (χ3n) is 3.28. The van der Waals surface area contributed by atoms with Gasteiger partial charge >= 0.3 is 0 Å². The molecule has 2 rings (SSSR count). The number of nitrogens with one attached hydrogen (secondary N) is 1. The molecule has 4 heteroatoms. The van der Waals surface area contributed by atoms with Gasteiger partial charge in [-0.1, -0.05) is 0 Å². The molecule has 1 saturated heterocycles. The first-order chi connectivity index (χ1) is 8.74. The Balaban J connectivity index is 1.62. The van der Waals surface area contributed by atoms with E-state index < -0.39 is 11.6 Å². The molecule has 1 fully saturated rings. The van der Waals surface area contributed by atoms with Crippen molar-refractivity contribution in [3.63, 3.8) is 0 Å². The van der Waals surface area contributed by atoms with E-state index in [-0.39, 0.29) is 0 Å². The van der Waals surface area contributed by atoms with Crippen LogP contribution in [0.25, 0.3) is 0 Å². The van der Waals surface area contributed by atoms with Crippen molar-refractivity contribution in [1.82, 2.24) is 10.2 Å². The van der Waals surface area contributed by atoms with Crippen LogP contribution in [0.5, 0.6) is 0 Å². The fourth-order valence-corrected chi connectivity index (χ4v) is 2.38. The van der Waals surface area contributed by atoms with E-state index in [1.807, 2.05) is 0 Å². The molecule has 100 valence electrons. The Hall–Kier alpha value is -1.00. The van der Waals surface area contributed by atoms with Crippen molar-refractivity contribution >= 4 is 0 Å². The molecular weight excluding hydrogens is 234 g/mol. The average Bonchev–Trinajstić information content (AvgIpc) is 2.80. The Labute approximate surface area is 107 Å². The third-order valence-corrected chi connectivity index (χ3v) is 3.28. The second-order valence-corrected chi connectivity index (χ2v) is 4.86. The van der Waals surface area contributed by atoms with Gasteiger partial charge in [0.2, 0.25) is 0 Å². The number of benzene rings is 1. The molecule has 0 spiro atoms. The molecular formula is C14H20F2N2. The first-order valence-corrected chi connectivity index (χ1v) is 6.62. The Morgan fingerprint density at radius 2 is 1.72 bits per heavy atom. The lowest BCUT2D eigenvalue weighted by Gasteiger charge is -2.14. The fourth-order valence-electron chi connectivity index (χ4n) is 2.38. The summed E-state index contributed by atoms with van der Waals surface area (Å²) in [6, 6.07) is 3.64. The van der Waals surface area contributed by atoms with Gasteiger partial charge in [0.25, 0.3) is 0 Å². The summed E-state index contributed by atoms with van der Waals surface area (Å²) in [5, 5.41) is 3.22. The lowest BCUT2D eigenvalue weighted by molar-refractivity contribution is 0.331. The predicted octanol–water partition coefficient (Wildman–Crippen LogP) is 2.54. The van der Waals surface area contributed by atoms with Crippen molar-refractivity contribution in [1.29, 1.82) is 0 Å². The highest BCUT2D eigenvalue weighted by Crippen LogP contribution is 2.08. The maximum Gasteiger partial charge on any atom is 0.126 e. The van der Waals surface area contributed by atoms with Gasteiger partial charge < -0.3 is 10.2 Å². The highest BCUT2D eigenvalue weighted by molar-refractivity contribution is 5.17. The highest BCUT2D eigenvalue weighted by atomic mass is 19.1. The van der Waals surface area contributed by atoms with Crippen LogP contribution in [-0.4, -0.2) is 31.1 Å². The van der Waals surface area contributed by atoms with Gasteiger partial charge in [-0.05, 0) is 63.1 Å². The van der Waals surface area contributed by atoms with Gasteiger partial charge in [-0.15, -0.1) is 0 Å². The minimum atomic E-state index is -0.510. The highest BCUT2D eigenvalue weighted by Gasteiger charge is 2.09.